The Balaban J connectivity index is 2.29. The maximum atomic E-state index is 4.35. The van der Waals surface area contributed by atoms with Crippen molar-refractivity contribution >= 4 is 11.3 Å². The van der Waals surface area contributed by atoms with E-state index >= 15 is 0 Å². The topological polar surface area (TPSA) is 24.9 Å². The molecule has 96 valence electrons. The van der Waals surface area contributed by atoms with Gasteiger partial charge in [0.2, 0.25) is 0 Å². The Morgan fingerprint density at radius 2 is 1.89 bits per heavy atom. The molecule has 0 radical (unpaired) electrons. The molecule has 0 spiro atoms. The Bertz CT molecular complexity index is 511. The zero-order valence-corrected chi connectivity index (χ0v) is 12.3. The van der Waals surface area contributed by atoms with Crippen molar-refractivity contribution in [3.63, 3.8) is 0 Å². The van der Waals surface area contributed by atoms with E-state index < -0.39 is 0 Å². The number of aromatic nitrogens is 1. The minimum absolute atomic E-state index is 0.359. The number of likely N-dealkylation sites (N-methyl/N-ethyl adjacent to an activating group) is 1. The number of hydrogen-bond donors (Lipinski definition) is 1. The van der Waals surface area contributed by atoms with Gasteiger partial charge in [0.25, 0.3) is 0 Å². The third-order valence-corrected chi connectivity index (χ3v) is 4.54. The van der Waals surface area contributed by atoms with E-state index in [4.69, 9.17) is 0 Å². The Hall–Kier alpha value is -1.19. The summed E-state index contributed by atoms with van der Waals surface area (Å²) < 4.78 is 0. The van der Waals surface area contributed by atoms with Gasteiger partial charge in [0.05, 0.1) is 11.2 Å². The van der Waals surface area contributed by atoms with Crippen LogP contribution < -0.4 is 5.32 Å². The Kier molecular flexibility index (Phi) is 4.15. The van der Waals surface area contributed by atoms with Crippen LogP contribution in [-0.4, -0.2) is 12.0 Å². The van der Waals surface area contributed by atoms with Gasteiger partial charge >= 0.3 is 0 Å². The van der Waals surface area contributed by atoms with Crippen LogP contribution in [0.25, 0.3) is 0 Å². The molecule has 0 aliphatic heterocycles. The van der Waals surface area contributed by atoms with E-state index in [9.17, 15) is 0 Å². The third-order valence-electron chi connectivity index (χ3n) is 3.50. The van der Waals surface area contributed by atoms with E-state index in [0.717, 1.165) is 12.1 Å². The van der Waals surface area contributed by atoms with Crippen LogP contribution in [0.4, 0.5) is 0 Å². The molecule has 1 aromatic heterocycles. The molecule has 0 amide bonds. The summed E-state index contributed by atoms with van der Waals surface area (Å²) >= 11 is 1.74. The highest BCUT2D eigenvalue weighted by Gasteiger charge is 2.16. The zero-order valence-electron chi connectivity index (χ0n) is 11.4. The molecule has 0 saturated carbocycles. The minimum Gasteiger partial charge on any atom is -0.312 e. The van der Waals surface area contributed by atoms with Gasteiger partial charge in [0.1, 0.15) is 0 Å². The third kappa shape index (κ3) is 2.62. The van der Waals surface area contributed by atoms with Gasteiger partial charge in [-0.1, -0.05) is 18.2 Å². The monoisotopic (exact) mass is 260 g/mol. The normalized spacial score (nSPS) is 12.7. The van der Waals surface area contributed by atoms with E-state index in [0.29, 0.717) is 6.04 Å². The molecule has 0 bridgehead atoms. The standard InChI is InChI=1S/C15H20N2S/c1-10-6-5-7-11(2)13(10)8-14(16-4)15-12(3)17-9-18-15/h5-7,9,14,16H,8H2,1-4H3. The summed E-state index contributed by atoms with van der Waals surface area (Å²) in [5.41, 5.74) is 7.27. The Morgan fingerprint density at radius 1 is 1.22 bits per heavy atom. The zero-order chi connectivity index (χ0) is 13.1. The van der Waals surface area contributed by atoms with Crippen LogP contribution in [-0.2, 0) is 6.42 Å². The molecule has 0 aliphatic rings. The molecule has 1 heterocycles. The maximum Gasteiger partial charge on any atom is 0.0798 e. The second-order valence-electron chi connectivity index (χ2n) is 4.72. The molecule has 2 aromatic rings. The number of hydrogen-bond acceptors (Lipinski definition) is 3. The van der Waals surface area contributed by atoms with Crippen molar-refractivity contribution in [3.05, 3.63) is 51.0 Å². The number of nitrogens with one attached hydrogen (secondary N) is 1. The fourth-order valence-corrected chi connectivity index (χ4v) is 3.26. The first kappa shape index (κ1) is 13.2. The highest BCUT2D eigenvalue weighted by Crippen LogP contribution is 2.27. The summed E-state index contributed by atoms with van der Waals surface area (Å²) in [5, 5.41) is 3.42. The number of nitrogens with zero attached hydrogens (tertiary/aromatic N) is 1. The predicted molar refractivity (Wildman–Crippen MR) is 78.3 cm³/mol. The summed E-state index contributed by atoms with van der Waals surface area (Å²) in [6, 6.07) is 6.86. The summed E-state index contributed by atoms with van der Waals surface area (Å²) in [6.07, 6.45) is 1.03. The lowest BCUT2D eigenvalue weighted by Crippen LogP contribution is -2.19. The molecule has 0 fully saturated rings. The first-order valence-electron chi connectivity index (χ1n) is 6.25. The maximum absolute atomic E-state index is 4.35. The highest BCUT2D eigenvalue weighted by molar-refractivity contribution is 7.09. The van der Waals surface area contributed by atoms with Gasteiger partial charge in [-0.05, 0) is 50.9 Å². The first-order chi connectivity index (χ1) is 8.63. The summed E-state index contributed by atoms with van der Waals surface area (Å²) in [6.45, 7) is 6.46. The van der Waals surface area contributed by atoms with E-state index in [-0.39, 0.29) is 0 Å². The number of rotatable bonds is 4. The van der Waals surface area contributed by atoms with E-state index in [1.54, 1.807) is 11.3 Å². The SMILES string of the molecule is CNC(Cc1c(C)cccc1C)c1scnc1C. The largest absolute Gasteiger partial charge is 0.312 e. The second-order valence-corrected chi connectivity index (χ2v) is 5.60. The lowest BCUT2D eigenvalue weighted by molar-refractivity contribution is 0.595. The lowest BCUT2D eigenvalue weighted by Gasteiger charge is -2.18. The highest BCUT2D eigenvalue weighted by atomic mass is 32.1. The molecule has 2 nitrogen and oxygen atoms in total. The van der Waals surface area contributed by atoms with Crippen molar-refractivity contribution in [1.82, 2.24) is 10.3 Å². The second kappa shape index (κ2) is 5.63. The van der Waals surface area contributed by atoms with Gasteiger partial charge in [-0.15, -0.1) is 11.3 Å². The molecule has 0 saturated heterocycles. The van der Waals surface area contributed by atoms with Crippen LogP contribution in [0.5, 0.6) is 0 Å². The van der Waals surface area contributed by atoms with Crippen LogP contribution in [0.1, 0.15) is 33.3 Å². The molecule has 1 N–H and O–H groups in total. The minimum atomic E-state index is 0.359. The predicted octanol–water partition coefficient (Wildman–Crippen LogP) is 3.57. The quantitative estimate of drug-likeness (QED) is 0.909. The number of benzene rings is 1. The molecule has 1 aromatic carbocycles. The fourth-order valence-electron chi connectivity index (χ4n) is 2.35. The van der Waals surface area contributed by atoms with Crippen LogP contribution >= 0.6 is 11.3 Å². The lowest BCUT2D eigenvalue weighted by atomic mass is 9.95. The molecule has 1 atom stereocenters. The summed E-state index contributed by atoms with van der Waals surface area (Å²) in [4.78, 5) is 5.70. The average molecular weight is 260 g/mol. The van der Waals surface area contributed by atoms with Crippen LogP contribution in [0, 0.1) is 20.8 Å². The van der Waals surface area contributed by atoms with Crippen LogP contribution in [0.15, 0.2) is 23.7 Å². The van der Waals surface area contributed by atoms with Gasteiger partial charge < -0.3 is 5.32 Å². The van der Waals surface area contributed by atoms with Crippen molar-refractivity contribution in [1.29, 1.82) is 0 Å². The van der Waals surface area contributed by atoms with Crippen LogP contribution in [0.3, 0.4) is 0 Å². The average Bonchev–Trinajstić information content (AvgIpc) is 2.76. The van der Waals surface area contributed by atoms with E-state index in [1.807, 2.05) is 12.6 Å². The Labute approximate surface area is 113 Å². The van der Waals surface area contributed by atoms with Crippen LogP contribution in [0.2, 0.25) is 0 Å². The van der Waals surface area contributed by atoms with E-state index in [2.05, 4.69) is 49.3 Å². The first-order valence-corrected chi connectivity index (χ1v) is 7.13. The van der Waals surface area contributed by atoms with Gasteiger partial charge in [0, 0.05) is 10.9 Å². The summed E-state index contributed by atoms with van der Waals surface area (Å²) in [5.74, 6) is 0. The molecule has 3 heteroatoms. The molecular formula is C15H20N2S. The van der Waals surface area contributed by atoms with Crippen molar-refractivity contribution in [2.75, 3.05) is 7.05 Å². The smallest absolute Gasteiger partial charge is 0.0798 e. The molecule has 0 aliphatic carbocycles. The van der Waals surface area contributed by atoms with Crippen molar-refractivity contribution in [2.45, 2.75) is 33.2 Å². The molecule has 2 rings (SSSR count). The summed E-state index contributed by atoms with van der Waals surface area (Å²) in [7, 11) is 2.03. The van der Waals surface area contributed by atoms with Gasteiger partial charge in [0.15, 0.2) is 0 Å². The van der Waals surface area contributed by atoms with Gasteiger partial charge in [-0.25, -0.2) is 4.98 Å². The molecule has 1 unspecified atom stereocenters. The van der Waals surface area contributed by atoms with E-state index in [1.165, 1.54) is 21.6 Å². The van der Waals surface area contributed by atoms with Crippen molar-refractivity contribution < 1.29 is 0 Å². The Morgan fingerprint density at radius 3 is 2.39 bits per heavy atom. The van der Waals surface area contributed by atoms with Crippen molar-refractivity contribution in [3.8, 4) is 0 Å². The van der Waals surface area contributed by atoms with Gasteiger partial charge in [-0.2, -0.15) is 0 Å². The fraction of sp³-hybridized carbons (Fsp3) is 0.400. The number of aryl methyl sites for hydroxylation is 3. The molecular weight excluding hydrogens is 240 g/mol. The van der Waals surface area contributed by atoms with Gasteiger partial charge in [-0.3, -0.25) is 0 Å². The van der Waals surface area contributed by atoms with Crippen molar-refractivity contribution in [2.24, 2.45) is 0 Å². The molecule has 18 heavy (non-hydrogen) atoms. The number of thiazole rings is 1.